The lowest BCUT2D eigenvalue weighted by Gasteiger charge is -2.18. The average molecular weight is 383 g/mol. The first-order valence-electron chi connectivity index (χ1n) is 6.45. The van der Waals surface area contributed by atoms with Crippen LogP contribution in [-0.4, -0.2) is 17.1 Å². The van der Waals surface area contributed by atoms with Crippen LogP contribution in [0, 0.1) is 3.57 Å². The highest BCUT2D eigenvalue weighted by molar-refractivity contribution is 14.1. The monoisotopic (exact) mass is 383 g/mol. The Balaban J connectivity index is 2.51. The smallest absolute Gasteiger partial charge is 0.164 e. The number of anilines is 1. The lowest BCUT2D eigenvalue weighted by molar-refractivity contribution is 0.129. The van der Waals surface area contributed by atoms with Crippen LogP contribution < -0.4 is 5.73 Å². The van der Waals surface area contributed by atoms with Crippen molar-refractivity contribution in [2.45, 2.75) is 25.9 Å². The molecule has 1 aromatic heterocycles. The van der Waals surface area contributed by atoms with Crippen LogP contribution in [0.25, 0.3) is 0 Å². The van der Waals surface area contributed by atoms with Crippen molar-refractivity contribution in [3.8, 4) is 0 Å². The molecule has 1 heterocycles. The molecule has 0 fully saturated rings. The van der Waals surface area contributed by atoms with Crippen molar-refractivity contribution >= 4 is 28.4 Å². The second-order valence-corrected chi connectivity index (χ2v) is 5.93. The quantitative estimate of drug-likeness (QED) is 0.821. The molecule has 1 atom stereocenters. The predicted molar refractivity (Wildman–Crippen MR) is 88.5 cm³/mol. The largest absolute Gasteiger partial charge is 0.383 e. The first kappa shape index (κ1) is 15.2. The third-order valence-corrected chi connectivity index (χ3v) is 4.14. The summed E-state index contributed by atoms with van der Waals surface area (Å²) in [7, 11) is 1.66. The lowest BCUT2D eigenvalue weighted by Crippen LogP contribution is -2.14. The summed E-state index contributed by atoms with van der Waals surface area (Å²) in [6, 6.07) is 9.92. The van der Waals surface area contributed by atoms with Gasteiger partial charge in [-0.3, -0.25) is 0 Å². The summed E-state index contributed by atoms with van der Waals surface area (Å²) in [6.07, 6.45) is -0.298. The molecular weight excluding hydrogens is 365 g/mol. The molecule has 2 rings (SSSR count). The van der Waals surface area contributed by atoms with Crippen LogP contribution in [0.3, 0.4) is 0 Å². The molecule has 4 nitrogen and oxygen atoms in total. The molecule has 5 heteroatoms. The topological polar surface area (TPSA) is 61.0 Å². The maximum Gasteiger partial charge on any atom is 0.164 e. The van der Waals surface area contributed by atoms with Gasteiger partial charge in [0.15, 0.2) is 5.82 Å². The van der Waals surface area contributed by atoms with E-state index < -0.39 is 0 Å². The fraction of sp³-hybridized carbons (Fsp3) is 0.333. The molecule has 0 spiro atoms. The highest BCUT2D eigenvalue weighted by Crippen LogP contribution is 2.28. The summed E-state index contributed by atoms with van der Waals surface area (Å²) in [6.45, 7) is 4.19. The Morgan fingerprint density at radius 2 is 1.80 bits per heavy atom. The maximum atomic E-state index is 6.02. The number of ether oxygens (including phenoxy) is 1. The number of nitrogens with zero attached hydrogens (tertiary/aromatic N) is 2. The molecule has 0 radical (unpaired) electrons. The van der Waals surface area contributed by atoms with Gasteiger partial charge in [0, 0.05) is 7.11 Å². The molecule has 1 aromatic carbocycles. The molecule has 0 aliphatic heterocycles. The van der Waals surface area contributed by atoms with E-state index in [1.807, 2.05) is 30.3 Å². The van der Waals surface area contributed by atoms with Crippen molar-refractivity contribution < 1.29 is 4.74 Å². The van der Waals surface area contributed by atoms with Gasteiger partial charge in [-0.2, -0.15) is 0 Å². The number of rotatable bonds is 4. The summed E-state index contributed by atoms with van der Waals surface area (Å²) >= 11 is 2.20. The fourth-order valence-corrected chi connectivity index (χ4v) is 2.88. The number of hydrogen-bond donors (Lipinski definition) is 1. The molecular formula is C15H18IN3O. The second kappa shape index (κ2) is 6.49. The van der Waals surface area contributed by atoms with Gasteiger partial charge in [-0.25, -0.2) is 9.97 Å². The van der Waals surface area contributed by atoms with Gasteiger partial charge in [0.05, 0.1) is 9.26 Å². The predicted octanol–water partition coefficient (Wildman–Crippen LogP) is 3.52. The van der Waals surface area contributed by atoms with Gasteiger partial charge in [-0.05, 0) is 34.1 Å². The third-order valence-electron chi connectivity index (χ3n) is 3.04. The summed E-state index contributed by atoms with van der Waals surface area (Å²) < 4.78 is 6.49. The van der Waals surface area contributed by atoms with E-state index in [1.165, 1.54) is 0 Å². The van der Waals surface area contributed by atoms with Gasteiger partial charge in [0.1, 0.15) is 11.9 Å². The highest BCUT2D eigenvalue weighted by atomic mass is 127. The zero-order chi connectivity index (χ0) is 14.7. The van der Waals surface area contributed by atoms with Crippen molar-refractivity contribution in [2.24, 2.45) is 0 Å². The molecule has 106 valence electrons. The summed E-state index contributed by atoms with van der Waals surface area (Å²) in [5, 5.41) is 0. The molecule has 1 unspecified atom stereocenters. The van der Waals surface area contributed by atoms with E-state index in [4.69, 9.17) is 10.5 Å². The van der Waals surface area contributed by atoms with Gasteiger partial charge in [0.2, 0.25) is 0 Å². The molecule has 0 aliphatic rings. The zero-order valence-electron chi connectivity index (χ0n) is 11.8. The fourth-order valence-electron chi connectivity index (χ4n) is 2.02. The molecule has 0 amide bonds. The van der Waals surface area contributed by atoms with Crippen LogP contribution >= 0.6 is 22.6 Å². The Labute approximate surface area is 132 Å². The molecule has 0 bridgehead atoms. The Kier molecular flexibility index (Phi) is 4.93. The Bertz CT molecular complexity index is 587. The van der Waals surface area contributed by atoms with E-state index in [0.29, 0.717) is 17.6 Å². The van der Waals surface area contributed by atoms with Crippen LogP contribution in [0.5, 0.6) is 0 Å². The number of nitrogen functional groups attached to an aromatic ring is 1. The van der Waals surface area contributed by atoms with E-state index in [0.717, 1.165) is 14.8 Å². The van der Waals surface area contributed by atoms with Gasteiger partial charge in [0.25, 0.3) is 0 Å². The van der Waals surface area contributed by atoms with Crippen molar-refractivity contribution in [3.63, 3.8) is 0 Å². The molecule has 2 aromatic rings. The van der Waals surface area contributed by atoms with Crippen LogP contribution in [0.15, 0.2) is 30.3 Å². The number of hydrogen-bond acceptors (Lipinski definition) is 4. The molecule has 0 saturated carbocycles. The highest BCUT2D eigenvalue weighted by Gasteiger charge is 2.20. The standard InChI is InChI=1S/C15H18IN3O/c1-9(2)12-11(16)14(17)19-15(18-12)13(20-3)10-7-5-4-6-8-10/h4-9,13H,1-3H3,(H2,17,18,19). The molecule has 0 saturated heterocycles. The minimum absolute atomic E-state index is 0.291. The Morgan fingerprint density at radius 3 is 2.35 bits per heavy atom. The first-order chi connectivity index (χ1) is 9.54. The molecule has 20 heavy (non-hydrogen) atoms. The maximum absolute atomic E-state index is 6.02. The van der Waals surface area contributed by atoms with Gasteiger partial charge in [-0.15, -0.1) is 0 Å². The van der Waals surface area contributed by atoms with Gasteiger partial charge >= 0.3 is 0 Å². The lowest BCUT2D eigenvalue weighted by atomic mass is 10.1. The van der Waals surface area contributed by atoms with E-state index in [1.54, 1.807) is 7.11 Å². The number of nitrogens with two attached hydrogens (primary N) is 1. The van der Waals surface area contributed by atoms with E-state index in [9.17, 15) is 0 Å². The van der Waals surface area contributed by atoms with Gasteiger partial charge in [-0.1, -0.05) is 44.2 Å². The number of methoxy groups -OCH3 is 1. The summed E-state index contributed by atoms with van der Waals surface area (Å²) in [4.78, 5) is 9.05. The van der Waals surface area contributed by atoms with Crippen molar-refractivity contribution in [2.75, 3.05) is 12.8 Å². The van der Waals surface area contributed by atoms with Crippen molar-refractivity contribution in [3.05, 3.63) is 51.0 Å². The van der Waals surface area contributed by atoms with Crippen LogP contribution in [0.1, 0.15) is 43.0 Å². The molecule has 2 N–H and O–H groups in total. The second-order valence-electron chi connectivity index (χ2n) is 4.85. The first-order valence-corrected chi connectivity index (χ1v) is 7.53. The average Bonchev–Trinajstić information content (AvgIpc) is 2.44. The van der Waals surface area contributed by atoms with E-state index >= 15 is 0 Å². The SMILES string of the molecule is COC(c1ccccc1)c1nc(N)c(I)c(C(C)C)n1. The molecule has 0 aliphatic carbocycles. The number of halogens is 1. The van der Waals surface area contributed by atoms with E-state index in [2.05, 4.69) is 46.4 Å². The van der Waals surface area contributed by atoms with Gasteiger partial charge < -0.3 is 10.5 Å². The number of aromatic nitrogens is 2. The summed E-state index contributed by atoms with van der Waals surface area (Å²) in [5.74, 6) is 1.41. The number of benzene rings is 1. The minimum Gasteiger partial charge on any atom is -0.383 e. The van der Waals surface area contributed by atoms with E-state index in [-0.39, 0.29) is 6.10 Å². The minimum atomic E-state index is -0.298. The van der Waals surface area contributed by atoms with Crippen molar-refractivity contribution in [1.29, 1.82) is 0 Å². The van der Waals surface area contributed by atoms with Crippen LogP contribution in [-0.2, 0) is 4.74 Å². The van der Waals surface area contributed by atoms with Crippen LogP contribution in [0.4, 0.5) is 5.82 Å². The van der Waals surface area contributed by atoms with Crippen LogP contribution in [0.2, 0.25) is 0 Å². The Hall–Kier alpha value is -1.21. The van der Waals surface area contributed by atoms with Crippen molar-refractivity contribution in [1.82, 2.24) is 9.97 Å². The zero-order valence-corrected chi connectivity index (χ0v) is 14.0. The summed E-state index contributed by atoms with van der Waals surface area (Å²) in [5.41, 5.74) is 8.00. The normalized spacial score (nSPS) is 12.7. The Morgan fingerprint density at radius 1 is 1.15 bits per heavy atom. The third kappa shape index (κ3) is 3.09.